The Morgan fingerprint density at radius 3 is 0.750 bits per heavy atom. The first-order chi connectivity index (χ1) is 16.5. The van der Waals surface area contributed by atoms with Gasteiger partial charge in [0.05, 0.1) is 0 Å². The van der Waals surface area contributed by atoms with Crippen LogP contribution in [0.3, 0.4) is 0 Å². The van der Waals surface area contributed by atoms with Gasteiger partial charge in [0, 0.05) is 40.8 Å². The summed E-state index contributed by atoms with van der Waals surface area (Å²) in [5.41, 5.74) is 0. The highest BCUT2D eigenvalue weighted by molar-refractivity contribution is 5.86. The van der Waals surface area contributed by atoms with E-state index in [9.17, 15) is 58.8 Å². The van der Waals surface area contributed by atoms with Crippen molar-refractivity contribution in [3.8, 4) is 0 Å². The third-order valence-corrected chi connectivity index (χ3v) is 4.24. The average molecular weight is 520 g/mol. The Morgan fingerprint density at radius 2 is 0.639 bits per heavy atom. The number of carbonyl (C=O) groups excluding carboxylic acids is 4. The maximum absolute atomic E-state index is 11.8. The molecular weight excluding hydrogens is 492 g/mol. The minimum Gasteiger partial charge on any atom is -0.479 e. The zero-order valence-electron chi connectivity index (χ0n) is 19.7. The summed E-state index contributed by atoms with van der Waals surface area (Å²) in [6.45, 7) is 2.04. The molecule has 0 aromatic rings. The van der Waals surface area contributed by atoms with E-state index >= 15 is 0 Å². The molecule has 0 heterocycles. The van der Waals surface area contributed by atoms with E-state index in [2.05, 4.69) is 0 Å². The molecule has 4 unspecified atom stereocenters. The van der Waals surface area contributed by atoms with Gasteiger partial charge in [-0.2, -0.15) is 0 Å². The van der Waals surface area contributed by atoms with Crippen molar-refractivity contribution < 1.29 is 58.8 Å². The molecule has 0 fully saturated rings. The normalized spacial score (nSPS) is 14.1. The second-order valence-corrected chi connectivity index (χ2v) is 7.24. The van der Waals surface area contributed by atoms with Crippen molar-refractivity contribution in [2.24, 2.45) is 0 Å². The first kappa shape index (κ1) is 31.7. The van der Waals surface area contributed by atoms with Gasteiger partial charge >= 0.3 is 23.9 Å². The van der Waals surface area contributed by atoms with E-state index in [4.69, 9.17) is 0 Å². The Morgan fingerprint density at radius 1 is 0.472 bits per heavy atom. The number of rotatable bonds is 15. The Kier molecular flexibility index (Phi) is 12.5. The number of hydrogen-bond acceptors (Lipinski definition) is 10. The van der Waals surface area contributed by atoms with Crippen molar-refractivity contribution in [3.05, 3.63) is 0 Å². The van der Waals surface area contributed by atoms with Gasteiger partial charge in [0.15, 0.2) is 24.7 Å². The Balaban J connectivity index is 6.67. The Hall–Kier alpha value is -4.32. The number of aliphatic carboxylic acids is 4. The van der Waals surface area contributed by atoms with Gasteiger partial charge in [-0.1, -0.05) is 0 Å². The molecular formula is C18H28N6O12. The Bertz CT molecular complexity index is 769. The molecule has 0 rings (SSSR count). The van der Waals surface area contributed by atoms with Crippen molar-refractivity contribution in [1.29, 1.82) is 0 Å². The molecule has 0 spiro atoms. The maximum atomic E-state index is 11.8. The van der Waals surface area contributed by atoms with E-state index in [1.165, 1.54) is 0 Å². The zero-order valence-corrected chi connectivity index (χ0v) is 19.7. The molecule has 0 aromatic heterocycles. The number of amides is 4. The van der Waals surface area contributed by atoms with Crippen molar-refractivity contribution in [2.45, 2.75) is 52.4 Å². The van der Waals surface area contributed by atoms with Gasteiger partial charge in [0.1, 0.15) is 0 Å². The molecule has 36 heavy (non-hydrogen) atoms. The number of carboxylic acid groups (broad SMARTS) is 4. The molecule has 0 aromatic carbocycles. The van der Waals surface area contributed by atoms with Gasteiger partial charge in [0.2, 0.25) is 23.6 Å². The van der Waals surface area contributed by atoms with E-state index < -0.39 is 85.3 Å². The number of carbonyl (C=O) groups is 8. The van der Waals surface area contributed by atoms with Crippen molar-refractivity contribution in [1.82, 2.24) is 31.1 Å². The first-order valence-corrected chi connectivity index (χ1v) is 10.0. The summed E-state index contributed by atoms with van der Waals surface area (Å²) in [6.07, 6.45) is -8.37. The third kappa shape index (κ3) is 10.3. The van der Waals surface area contributed by atoms with Crippen LogP contribution >= 0.6 is 0 Å². The van der Waals surface area contributed by atoms with Gasteiger partial charge in [-0.15, -0.1) is 0 Å². The van der Waals surface area contributed by atoms with Gasteiger partial charge in [0.25, 0.3) is 0 Å². The largest absolute Gasteiger partial charge is 0.479 e. The standard InChI is InChI=1S/C18H28N6O12/c1-7(25)19-11(15(29)30)23(12(16(31)32)20-8(2)26)5-6-24(13(17(33)34)21-9(3)27)14(18(35)36)22-10(4)28/h11-14H,5-6H2,1-4H3,(H,19,25)(H,20,26)(H,21,27)(H,22,28)(H,29,30)(H,31,32)(H,33,34)(H,35,36). The minimum absolute atomic E-state index is 0.528. The van der Waals surface area contributed by atoms with Crippen LogP contribution in [0.4, 0.5) is 0 Å². The fraction of sp³-hybridized carbons (Fsp3) is 0.556. The highest BCUT2D eigenvalue weighted by atomic mass is 16.4. The number of nitrogens with one attached hydrogen (secondary N) is 4. The number of nitrogens with zero attached hydrogens (tertiary/aromatic N) is 2. The summed E-state index contributed by atoms with van der Waals surface area (Å²) in [7, 11) is 0. The summed E-state index contributed by atoms with van der Waals surface area (Å²) >= 11 is 0. The van der Waals surface area contributed by atoms with Crippen LogP contribution in [0, 0.1) is 0 Å². The highest BCUT2D eigenvalue weighted by Gasteiger charge is 2.41. The first-order valence-electron chi connectivity index (χ1n) is 10.0. The van der Waals surface area contributed by atoms with Gasteiger partial charge in [-0.25, -0.2) is 29.0 Å². The van der Waals surface area contributed by atoms with Crippen LogP contribution in [0.25, 0.3) is 0 Å². The number of carboxylic acids is 4. The lowest BCUT2D eigenvalue weighted by molar-refractivity contribution is -0.161. The van der Waals surface area contributed by atoms with Crippen LogP contribution in [-0.2, 0) is 38.4 Å². The summed E-state index contributed by atoms with van der Waals surface area (Å²) in [5.74, 6) is -10.8. The minimum atomic E-state index is -2.09. The molecule has 4 atom stereocenters. The van der Waals surface area contributed by atoms with Crippen LogP contribution in [0.2, 0.25) is 0 Å². The molecule has 0 radical (unpaired) electrons. The topological polar surface area (TPSA) is 272 Å². The SMILES string of the molecule is CC(=O)NC(C(=O)O)N(CCN(C(NC(C)=O)C(=O)O)C(NC(C)=O)C(=O)O)C(NC(C)=O)C(=O)O. The summed E-state index contributed by atoms with van der Waals surface area (Å²) in [4.78, 5) is 94.6. The lowest BCUT2D eigenvalue weighted by atomic mass is 10.2. The second-order valence-electron chi connectivity index (χ2n) is 7.24. The van der Waals surface area contributed by atoms with E-state index in [1.54, 1.807) is 0 Å². The van der Waals surface area contributed by atoms with Crippen molar-refractivity contribution in [2.75, 3.05) is 13.1 Å². The maximum Gasteiger partial charge on any atom is 0.341 e. The van der Waals surface area contributed by atoms with Crippen LogP contribution in [0.5, 0.6) is 0 Å². The lowest BCUT2D eigenvalue weighted by Crippen LogP contribution is -2.67. The van der Waals surface area contributed by atoms with Crippen LogP contribution < -0.4 is 21.3 Å². The summed E-state index contributed by atoms with van der Waals surface area (Å²) in [5, 5.41) is 46.2. The monoisotopic (exact) mass is 520 g/mol. The summed E-state index contributed by atoms with van der Waals surface area (Å²) < 4.78 is 0. The lowest BCUT2D eigenvalue weighted by Gasteiger charge is -2.38. The quantitative estimate of drug-likeness (QED) is 0.0951. The van der Waals surface area contributed by atoms with Crippen LogP contribution in [0.1, 0.15) is 27.7 Å². The number of hydrogen-bond donors (Lipinski definition) is 8. The molecule has 0 saturated heterocycles. The van der Waals surface area contributed by atoms with Gasteiger partial charge in [-0.05, 0) is 0 Å². The molecule has 4 amide bonds. The molecule has 0 saturated carbocycles. The smallest absolute Gasteiger partial charge is 0.341 e. The zero-order chi connectivity index (χ0) is 28.3. The summed E-state index contributed by atoms with van der Waals surface area (Å²) in [6, 6.07) is 0. The Labute approximate surface area is 203 Å². The fourth-order valence-corrected chi connectivity index (χ4v) is 2.96. The van der Waals surface area contributed by atoms with Crippen LogP contribution in [-0.4, -0.2) is 115 Å². The molecule has 0 bridgehead atoms. The second kappa shape index (κ2) is 14.2. The van der Waals surface area contributed by atoms with Gasteiger partial charge in [-0.3, -0.25) is 19.2 Å². The molecule has 0 aliphatic heterocycles. The molecule has 0 aliphatic carbocycles. The van der Waals surface area contributed by atoms with Crippen molar-refractivity contribution in [3.63, 3.8) is 0 Å². The van der Waals surface area contributed by atoms with Crippen LogP contribution in [0.15, 0.2) is 0 Å². The fourth-order valence-electron chi connectivity index (χ4n) is 2.96. The molecule has 8 N–H and O–H groups in total. The van der Waals surface area contributed by atoms with Gasteiger partial charge < -0.3 is 41.7 Å². The average Bonchev–Trinajstić information content (AvgIpc) is 2.70. The van der Waals surface area contributed by atoms with E-state index in [0.717, 1.165) is 27.7 Å². The van der Waals surface area contributed by atoms with E-state index in [1.807, 2.05) is 21.3 Å². The molecule has 18 heteroatoms. The van der Waals surface area contributed by atoms with E-state index in [-0.39, 0.29) is 0 Å². The van der Waals surface area contributed by atoms with Crippen molar-refractivity contribution >= 4 is 47.5 Å². The third-order valence-electron chi connectivity index (χ3n) is 4.24. The predicted molar refractivity (Wildman–Crippen MR) is 114 cm³/mol. The molecule has 202 valence electrons. The molecule has 0 aliphatic rings. The highest BCUT2D eigenvalue weighted by Crippen LogP contribution is 2.10. The van der Waals surface area contributed by atoms with E-state index in [0.29, 0.717) is 9.80 Å². The molecule has 18 nitrogen and oxygen atoms in total. The predicted octanol–water partition coefficient (Wildman–Crippen LogP) is -4.22.